The van der Waals surface area contributed by atoms with Gasteiger partial charge in [0.1, 0.15) is 0 Å². The summed E-state index contributed by atoms with van der Waals surface area (Å²) in [6.07, 6.45) is 3.53. The highest BCUT2D eigenvalue weighted by Gasteiger charge is 2.29. The van der Waals surface area contributed by atoms with Crippen molar-refractivity contribution in [3.05, 3.63) is 29.8 Å². The van der Waals surface area contributed by atoms with Crippen LogP contribution in [0.25, 0.3) is 0 Å². The summed E-state index contributed by atoms with van der Waals surface area (Å²) in [5, 5.41) is 0. The lowest BCUT2D eigenvalue weighted by molar-refractivity contribution is 0.600. The zero-order chi connectivity index (χ0) is 11.1. The van der Waals surface area contributed by atoms with Crippen LogP contribution in [0.5, 0.6) is 0 Å². The van der Waals surface area contributed by atoms with E-state index in [1.54, 1.807) is 18.2 Å². The first kappa shape index (κ1) is 10.6. The van der Waals surface area contributed by atoms with E-state index in [0.29, 0.717) is 10.8 Å². The second-order valence-corrected chi connectivity index (χ2v) is 6.22. The highest BCUT2D eigenvalue weighted by atomic mass is 32.2. The topological polar surface area (TPSA) is 60.2 Å². The Bertz CT molecular complexity index is 463. The second kappa shape index (κ2) is 3.61. The summed E-state index contributed by atoms with van der Waals surface area (Å²) < 4.78 is 22.7. The molecule has 1 atom stereocenters. The summed E-state index contributed by atoms with van der Waals surface area (Å²) >= 11 is 0. The van der Waals surface area contributed by atoms with Crippen molar-refractivity contribution in [2.24, 2.45) is 11.7 Å². The fraction of sp³-hybridized carbons (Fsp3) is 0.455. The molecule has 0 unspecified atom stereocenters. The minimum Gasteiger partial charge on any atom is -0.324 e. The molecule has 0 radical (unpaired) electrons. The number of rotatable bonds is 3. The summed E-state index contributed by atoms with van der Waals surface area (Å²) in [6.45, 7) is 0. The number of sulfone groups is 1. The van der Waals surface area contributed by atoms with Crippen LogP contribution in [0.2, 0.25) is 0 Å². The van der Waals surface area contributed by atoms with Gasteiger partial charge in [0, 0.05) is 12.3 Å². The van der Waals surface area contributed by atoms with E-state index >= 15 is 0 Å². The summed E-state index contributed by atoms with van der Waals surface area (Å²) in [7, 11) is -3.12. The van der Waals surface area contributed by atoms with Gasteiger partial charge in [0.15, 0.2) is 9.84 Å². The summed E-state index contributed by atoms with van der Waals surface area (Å²) in [5.74, 6) is 0.541. The quantitative estimate of drug-likeness (QED) is 0.848. The van der Waals surface area contributed by atoms with E-state index in [4.69, 9.17) is 5.73 Å². The highest BCUT2D eigenvalue weighted by molar-refractivity contribution is 7.90. The van der Waals surface area contributed by atoms with Crippen LogP contribution in [-0.2, 0) is 9.84 Å². The molecule has 0 amide bonds. The lowest BCUT2D eigenvalue weighted by Gasteiger charge is -2.11. The first-order chi connectivity index (χ1) is 6.98. The molecule has 4 heteroatoms. The van der Waals surface area contributed by atoms with E-state index in [2.05, 4.69) is 0 Å². The number of benzene rings is 1. The van der Waals surface area contributed by atoms with Crippen LogP contribution in [0.1, 0.15) is 24.4 Å². The standard InChI is InChI=1S/C11H15NO2S/c1-15(13,14)10-4-2-3-9(7-10)11(12)8-5-6-8/h2-4,7-8,11H,5-6,12H2,1H3/t11-/m0/s1. The molecule has 1 saturated carbocycles. The Morgan fingerprint density at radius 1 is 1.40 bits per heavy atom. The molecular weight excluding hydrogens is 210 g/mol. The maximum atomic E-state index is 11.4. The van der Waals surface area contributed by atoms with Crippen LogP contribution in [0.3, 0.4) is 0 Å². The fourth-order valence-corrected chi connectivity index (χ4v) is 2.36. The lowest BCUT2D eigenvalue weighted by Crippen LogP contribution is -2.12. The molecule has 1 aromatic carbocycles. The van der Waals surface area contributed by atoms with Crippen molar-refractivity contribution in [1.29, 1.82) is 0 Å². The molecule has 0 aliphatic heterocycles. The van der Waals surface area contributed by atoms with Gasteiger partial charge < -0.3 is 5.73 Å². The molecule has 1 aromatic rings. The molecule has 15 heavy (non-hydrogen) atoms. The van der Waals surface area contributed by atoms with E-state index in [9.17, 15) is 8.42 Å². The van der Waals surface area contributed by atoms with Gasteiger partial charge in [-0.25, -0.2) is 8.42 Å². The van der Waals surface area contributed by atoms with Crippen LogP contribution < -0.4 is 5.73 Å². The van der Waals surface area contributed by atoms with E-state index in [1.807, 2.05) is 6.07 Å². The number of nitrogens with two attached hydrogens (primary N) is 1. The first-order valence-electron chi connectivity index (χ1n) is 5.04. The van der Waals surface area contributed by atoms with Crippen molar-refractivity contribution < 1.29 is 8.42 Å². The average Bonchev–Trinajstić information content (AvgIpc) is 2.99. The van der Waals surface area contributed by atoms with Gasteiger partial charge in [-0.2, -0.15) is 0 Å². The van der Waals surface area contributed by atoms with Gasteiger partial charge in [-0.05, 0) is 36.5 Å². The highest BCUT2D eigenvalue weighted by Crippen LogP contribution is 2.39. The Morgan fingerprint density at radius 2 is 2.07 bits per heavy atom. The molecule has 0 bridgehead atoms. The zero-order valence-corrected chi connectivity index (χ0v) is 9.50. The Morgan fingerprint density at radius 3 is 2.60 bits per heavy atom. The van der Waals surface area contributed by atoms with Gasteiger partial charge in [-0.15, -0.1) is 0 Å². The maximum Gasteiger partial charge on any atom is 0.175 e. The van der Waals surface area contributed by atoms with Crippen LogP contribution in [0.4, 0.5) is 0 Å². The molecule has 1 aliphatic rings. The lowest BCUT2D eigenvalue weighted by atomic mass is 10.0. The average molecular weight is 225 g/mol. The van der Waals surface area contributed by atoms with Gasteiger partial charge in [0.25, 0.3) is 0 Å². The maximum absolute atomic E-state index is 11.4. The van der Waals surface area contributed by atoms with Crippen molar-refractivity contribution in [3.8, 4) is 0 Å². The van der Waals surface area contributed by atoms with Crippen molar-refractivity contribution in [2.75, 3.05) is 6.26 Å². The van der Waals surface area contributed by atoms with Gasteiger partial charge >= 0.3 is 0 Å². The number of hydrogen-bond donors (Lipinski definition) is 1. The van der Waals surface area contributed by atoms with Crippen LogP contribution in [-0.4, -0.2) is 14.7 Å². The summed E-state index contributed by atoms with van der Waals surface area (Å²) in [5.41, 5.74) is 6.95. The molecule has 0 aromatic heterocycles. The molecule has 0 saturated heterocycles. The van der Waals surface area contributed by atoms with Gasteiger partial charge in [-0.1, -0.05) is 12.1 Å². The number of hydrogen-bond acceptors (Lipinski definition) is 3. The van der Waals surface area contributed by atoms with E-state index in [0.717, 1.165) is 18.4 Å². The third kappa shape index (κ3) is 2.38. The molecule has 2 rings (SSSR count). The predicted molar refractivity (Wildman–Crippen MR) is 59.2 cm³/mol. The van der Waals surface area contributed by atoms with Gasteiger partial charge in [-0.3, -0.25) is 0 Å². The van der Waals surface area contributed by atoms with E-state index in [1.165, 1.54) is 6.26 Å². The van der Waals surface area contributed by atoms with E-state index < -0.39 is 9.84 Å². The Labute approximate surface area is 90.2 Å². The monoisotopic (exact) mass is 225 g/mol. The molecule has 1 aliphatic carbocycles. The SMILES string of the molecule is CS(=O)(=O)c1cccc([C@@H](N)C2CC2)c1. The Balaban J connectivity index is 2.33. The van der Waals surface area contributed by atoms with Crippen LogP contribution in [0, 0.1) is 5.92 Å². The van der Waals surface area contributed by atoms with Crippen LogP contribution in [0.15, 0.2) is 29.2 Å². The van der Waals surface area contributed by atoms with Gasteiger partial charge in [0.2, 0.25) is 0 Å². The fourth-order valence-electron chi connectivity index (χ4n) is 1.68. The Kier molecular flexibility index (Phi) is 2.56. The molecule has 2 N–H and O–H groups in total. The van der Waals surface area contributed by atoms with Crippen molar-refractivity contribution >= 4 is 9.84 Å². The normalized spacial score (nSPS) is 18.8. The molecular formula is C11H15NO2S. The molecule has 82 valence electrons. The second-order valence-electron chi connectivity index (χ2n) is 4.21. The predicted octanol–water partition coefficient (Wildman–Crippen LogP) is 1.50. The minimum atomic E-state index is -3.12. The van der Waals surface area contributed by atoms with Crippen molar-refractivity contribution in [1.82, 2.24) is 0 Å². The Hall–Kier alpha value is -0.870. The van der Waals surface area contributed by atoms with Crippen LogP contribution >= 0.6 is 0 Å². The summed E-state index contributed by atoms with van der Waals surface area (Å²) in [6, 6.07) is 6.95. The minimum absolute atomic E-state index is 0.00769. The summed E-state index contributed by atoms with van der Waals surface area (Å²) in [4.78, 5) is 0.358. The van der Waals surface area contributed by atoms with Crippen molar-refractivity contribution in [2.45, 2.75) is 23.8 Å². The van der Waals surface area contributed by atoms with Gasteiger partial charge in [0.05, 0.1) is 4.90 Å². The largest absolute Gasteiger partial charge is 0.324 e. The van der Waals surface area contributed by atoms with Crippen molar-refractivity contribution in [3.63, 3.8) is 0 Å². The third-order valence-electron chi connectivity index (χ3n) is 2.80. The third-order valence-corrected chi connectivity index (χ3v) is 3.91. The smallest absolute Gasteiger partial charge is 0.175 e. The van der Waals surface area contributed by atoms with E-state index in [-0.39, 0.29) is 6.04 Å². The first-order valence-corrected chi connectivity index (χ1v) is 6.93. The molecule has 3 nitrogen and oxygen atoms in total. The molecule has 0 heterocycles. The zero-order valence-electron chi connectivity index (χ0n) is 8.68. The molecule has 1 fully saturated rings. The molecule has 0 spiro atoms.